The molecule has 0 bridgehead atoms. The van der Waals surface area contributed by atoms with Gasteiger partial charge in [-0.15, -0.1) is 0 Å². The number of carbonyl (C=O) groups excluding carboxylic acids is 4. The van der Waals surface area contributed by atoms with E-state index < -0.39 is 66.5 Å². The van der Waals surface area contributed by atoms with Crippen LogP contribution >= 0.6 is 0 Å². The first-order valence-corrected chi connectivity index (χ1v) is 15.8. The van der Waals surface area contributed by atoms with Gasteiger partial charge in [-0.3, -0.25) is 9.59 Å². The summed E-state index contributed by atoms with van der Waals surface area (Å²) in [5, 5.41) is 40.4. The number of hydrogen-bond acceptors (Lipinski definition) is 10. The molecule has 11 heteroatoms. The molecular formula is C34H52O11. The summed E-state index contributed by atoms with van der Waals surface area (Å²) in [6.45, 7) is 12.4. The van der Waals surface area contributed by atoms with Crippen LogP contribution in [0.2, 0.25) is 0 Å². The van der Waals surface area contributed by atoms with E-state index in [2.05, 4.69) is 24.7 Å². The van der Waals surface area contributed by atoms with Crippen molar-refractivity contribution in [3.63, 3.8) is 0 Å². The standard InChI is InChI=1S/C34H52O11/c1-8-25(13-15-30(39)40)11-9-10-19(2)16-20(3)12-14-26(35)22(5)28(37)17-27(36)21(4)24(7)44-31(41)18-29(38)32-23(6)33(42)45-34(32)43/h11,13,15,19-22,24,26-27,29,35-36,38H,8-10,12,14,16-18H2,1-7H3,(H,39,40)/b15-13+,25-11+/t19-,20-,21+,22-,24+,26-,27+,29+/m0/s1. The van der Waals surface area contributed by atoms with Crippen molar-refractivity contribution >= 4 is 29.7 Å². The number of cyclic esters (lactones) is 2. The summed E-state index contributed by atoms with van der Waals surface area (Å²) in [5.74, 6) is -4.57. The molecule has 1 aliphatic rings. The number of aliphatic hydroxyl groups excluding tert-OH is 3. The molecule has 4 N–H and O–H groups in total. The van der Waals surface area contributed by atoms with Crippen LogP contribution < -0.4 is 0 Å². The van der Waals surface area contributed by atoms with Gasteiger partial charge in [-0.2, -0.15) is 0 Å². The second-order valence-corrected chi connectivity index (χ2v) is 12.5. The number of carboxylic acids is 1. The third kappa shape index (κ3) is 13.8. The zero-order chi connectivity index (χ0) is 34.4. The zero-order valence-electron chi connectivity index (χ0n) is 27.7. The topological polar surface area (TPSA) is 185 Å². The summed E-state index contributed by atoms with van der Waals surface area (Å²) in [6, 6.07) is 0. The van der Waals surface area contributed by atoms with E-state index >= 15 is 0 Å². The molecule has 0 unspecified atom stereocenters. The molecule has 0 aromatic carbocycles. The number of esters is 3. The Hall–Kier alpha value is -3.15. The fourth-order valence-electron chi connectivity index (χ4n) is 5.28. The van der Waals surface area contributed by atoms with Crippen molar-refractivity contribution in [1.29, 1.82) is 0 Å². The van der Waals surface area contributed by atoms with Gasteiger partial charge < -0.3 is 29.9 Å². The van der Waals surface area contributed by atoms with Crippen LogP contribution in [0.1, 0.15) is 99.8 Å². The molecule has 1 rings (SSSR count). The summed E-state index contributed by atoms with van der Waals surface area (Å²) in [4.78, 5) is 59.1. The lowest BCUT2D eigenvalue weighted by Crippen LogP contribution is -2.36. The Morgan fingerprint density at radius 3 is 2.04 bits per heavy atom. The number of carboxylic acid groups (broad SMARTS) is 1. The Bertz CT molecular complexity index is 1130. The molecule has 0 aliphatic carbocycles. The van der Waals surface area contributed by atoms with Crippen molar-refractivity contribution in [2.75, 3.05) is 0 Å². The number of ether oxygens (including phenoxy) is 2. The SMILES string of the molecule is CCC(/C=C/C(=O)O)=C\CC[C@H](C)C[C@@H](C)CC[C@H](O)[C@H](C)C(=O)C[C@@H](O)[C@H](C)[C@@H](C)OC(=O)C[C@@H](O)C1=C(C)C(=O)OC1=O. The Labute approximate surface area is 266 Å². The molecular weight excluding hydrogens is 584 g/mol. The highest BCUT2D eigenvalue weighted by Crippen LogP contribution is 2.26. The molecule has 1 heterocycles. The van der Waals surface area contributed by atoms with E-state index in [-0.39, 0.29) is 23.4 Å². The normalized spacial score (nSPS) is 19.5. The van der Waals surface area contributed by atoms with Crippen LogP contribution in [-0.4, -0.2) is 74.5 Å². The highest BCUT2D eigenvalue weighted by atomic mass is 16.6. The zero-order valence-corrected chi connectivity index (χ0v) is 27.7. The molecule has 0 spiro atoms. The smallest absolute Gasteiger partial charge is 0.345 e. The lowest BCUT2D eigenvalue weighted by Gasteiger charge is -2.27. The lowest BCUT2D eigenvalue weighted by atomic mass is 9.85. The number of hydrogen-bond donors (Lipinski definition) is 4. The quantitative estimate of drug-likeness (QED) is 0.0612. The fraction of sp³-hybridized carbons (Fsp3) is 0.676. The highest BCUT2D eigenvalue weighted by Gasteiger charge is 2.36. The number of ketones is 1. The largest absolute Gasteiger partial charge is 0.478 e. The average Bonchev–Trinajstić information content (AvgIpc) is 3.22. The second-order valence-electron chi connectivity index (χ2n) is 12.5. The van der Waals surface area contributed by atoms with Crippen molar-refractivity contribution in [1.82, 2.24) is 0 Å². The van der Waals surface area contributed by atoms with E-state index in [1.807, 2.05) is 6.92 Å². The Balaban J connectivity index is 2.48. The van der Waals surface area contributed by atoms with Gasteiger partial charge in [0.2, 0.25) is 0 Å². The van der Waals surface area contributed by atoms with Gasteiger partial charge in [0.1, 0.15) is 11.9 Å². The van der Waals surface area contributed by atoms with Crippen LogP contribution in [0.15, 0.2) is 34.9 Å². The first-order valence-electron chi connectivity index (χ1n) is 15.8. The molecule has 45 heavy (non-hydrogen) atoms. The van der Waals surface area contributed by atoms with Gasteiger partial charge in [0, 0.05) is 29.9 Å². The molecule has 0 radical (unpaired) electrons. The fourth-order valence-corrected chi connectivity index (χ4v) is 5.28. The predicted molar refractivity (Wildman–Crippen MR) is 167 cm³/mol. The number of Topliss-reactive ketones (excluding diaryl/α,β-unsaturated/α-hetero) is 1. The molecule has 254 valence electrons. The van der Waals surface area contributed by atoms with E-state index in [4.69, 9.17) is 9.84 Å². The van der Waals surface area contributed by atoms with E-state index in [0.29, 0.717) is 18.3 Å². The average molecular weight is 637 g/mol. The number of rotatable bonds is 21. The minimum Gasteiger partial charge on any atom is -0.478 e. The molecule has 0 amide bonds. The van der Waals surface area contributed by atoms with E-state index in [0.717, 1.165) is 43.8 Å². The van der Waals surface area contributed by atoms with Crippen LogP contribution in [0.3, 0.4) is 0 Å². The van der Waals surface area contributed by atoms with Gasteiger partial charge in [-0.25, -0.2) is 14.4 Å². The molecule has 0 saturated carbocycles. The third-order valence-corrected chi connectivity index (χ3v) is 8.64. The third-order valence-electron chi connectivity index (χ3n) is 8.64. The Kier molecular flexibility index (Phi) is 17.2. The van der Waals surface area contributed by atoms with Crippen molar-refractivity contribution in [3.8, 4) is 0 Å². The van der Waals surface area contributed by atoms with Gasteiger partial charge in [0.05, 0.1) is 30.3 Å². The predicted octanol–water partition coefficient (Wildman–Crippen LogP) is 4.22. The second kappa shape index (κ2) is 19.4. The molecule has 8 atom stereocenters. The maximum absolute atomic E-state index is 12.8. The van der Waals surface area contributed by atoms with Crippen molar-refractivity contribution in [2.45, 2.75) is 124 Å². The Morgan fingerprint density at radius 2 is 1.49 bits per heavy atom. The van der Waals surface area contributed by atoms with Crippen LogP contribution in [0.4, 0.5) is 0 Å². The summed E-state index contributed by atoms with van der Waals surface area (Å²) in [7, 11) is 0. The van der Waals surface area contributed by atoms with Crippen LogP contribution in [0.25, 0.3) is 0 Å². The van der Waals surface area contributed by atoms with Crippen molar-refractivity contribution < 1.29 is 53.9 Å². The van der Waals surface area contributed by atoms with Crippen LogP contribution in [0.5, 0.6) is 0 Å². The Morgan fingerprint density at radius 1 is 0.867 bits per heavy atom. The molecule has 0 saturated heterocycles. The van der Waals surface area contributed by atoms with E-state index in [1.165, 1.54) is 13.8 Å². The maximum Gasteiger partial charge on any atom is 0.345 e. The van der Waals surface area contributed by atoms with Crippen LogP contribution in [0, 0.1) is 23.7 Å². The lowest BCUT2D eigenvalue weighted by molar-refractivity contribution is -0.154. The number of carbonyl (C=O) groups is 5. The number of aliphatic hydroxyl groups is 3. The summed E-state index contributed by atoms with van der Waals surface area (Å²) in [5.41, 5.74) is 0.629. The van der Waals surface area contributed by atoms with Gasteiger partial charge >= 0.3 is 23.9 Å². The first-order chi connectivity index (χ1) is 21.0. The van der Waals surface area contributed by atoms with Crippen molar-refractivity contribution in [2.24, 2.45) is 23.7 Å². The molecule has 0 aromatic heterocycles. The molecule has 11 nitrogen and oxygen atoms in total. The van der Waals surface area contributed by atoms with Gasteiger partial charge in [-0.1, -0.05) is 52.3 Å². The summed E-state index contributed by atoms with van der Waals surface area (Å²) in [6.07, 6.45) is 4.33. The van der Waals surface area contributed by atoms with Crippen LogP contribution in [-0.2, 0) is 33.4 Å². The monoisotopic (exact) mass is 636 g/mol. The first kappa shape index (κ1) is 39.9. The minimum atomic E-state index is -1.58. The number of allylic oxidation sites excluding steroid dienone is 3. The number of aliphatic carboxylic acids is 1. The van der Waals surface area contributed by atoms with E-state index in [9.17, 15) is 39.3 Å². The van der Waals surface area contributed by atoms with Gasteiger partial charge in [-0.05, 0) is 64.2 Å². The molecule has 0 aromatic rings. The highest BCUT2D eigenvalue weighted by molar-refractivity contribution is 6.12. The minimum absolute atomic E-state index is 0.0737. The van der Waals surface area contributed by atoms with E-state index in [1.54, 1.807) is 19.9 Å². The maximum atomic E-state index is 12.8. The van der Waals surface area contributed by atoms with Gasteiger partial charge in [0.25, 0.3) is 0 Å². The molecule has 0 fully saturated rings. The summed E-state index contributed by atoms with van der Waals surface area (Å²) >= 11 is 0. The van der Waals surface area contributed by atoms with Crippen molar-refractivity contribution in [3.05, 3.63) is 34.9 Å². The molecule has 1 aliphatic heterocycles. The van der Waals surface area contributed by atoms with Gasteiger partial charge in [0.15, 0.2) is 0 Å². The summed E-state index contributed by atoms with van der Waals surface area (Å²) < 4.78 is 9.73.